The highest BCUT2D eigenvalue weighted by molar-refractivity contribution is 5.82. The molecule has 3 aromatic rings. The molecule has 0 aliphatic carbocycles. The predicted molar refractivity (Wildman–Crippen MR) is 99.0 cm³/mol. The normalized spacial score (nSPS) is 16.8. The van der Waals surface area contributed by atoms with Crippen LogP contribution in [-0.4, -0.2) is 28.4 Å². The molecule has 0 unspecified atom stereocenters. The third-order valence-corrected chi connectivity index (χ3v) is 4.69. The Balaban J connectivity index is 1.31. The van der Waals surface area contributed by atoms with E-state index in [4.69, 9.17) is 4.42 Å². The van der Waals surface area contributed by atoms with Gasteiger partial charge in [0.05, 0.1) is 18.8 Å². The van der Waals surface area contributed by atoms with Crippen LogP contribution in [0.15, 0.2) is 71.3 Å². The van der Waals surface area contributed by atoms with Crippen molar-refractivity contribution in [2.75, 3.05) is 6.54 Å². The molecule has 1 aliphatic rings. The first-order valence-electron chi connectivity index (χ1n) is 8.85. The van der Waals surface area contributed by atoms with Crippen LogP contribution >= 0.6 is 0 Å². The Hall–Kier alpha value is -2.92. The van der Waals surface area contributed by atoms with Gasteiger partial charge in [-0.05, 0) is 12.0 Å². The van der Waals surface area contributed by atoms with Crippen molar-refractivity contribution < 1.29 is 9.21 Å². The molecule has 0 bridgehead atoms. The largest absolute Gasteiger partial charge is 0.439 e. The molecular weight excluding hydrogens is 326 g/mol. The van der Waals surface area contributed by atoms with Gasteiger partial charge in [0.2, 0.25) is 11.8 Å². The van der Waals surface area contributed by atoms with Gasteiger partial charge in [-0.15, -0.1) is 0 Å². The Labute approximate surface area is 152 Å². The van der Waals surface area contributed by atoms with Gasteiger partial charge in [0.15, 0.2) is 5.76 Å². The molecule has 1 aliphatic heterocycles. The van der Waals surface area contributed by atoms with Gasteiger partial charge in [0, 0.05) is 18.7 Å². The quantitative estimate of drug-likeness (QED) is 0.744. The Morgan fingerprint density at radius 2 is 1.85 bits per heavy atom. The average Bonchev–Trinajstić information content (AvgIpc) is 3.14. The molecule has 0 saturated carbocycles. The Kier molecular flexibility index (Phi) is 4.80. The number of oxazole rings is 1. The van der Waals surface area contributed by atoms with E-state index in [0.29, 0.717) is 18.2 Å². The summed E-state index contributed by atoms with van der Waals surface area (Å²) in [5.41, 5.74) is 2.20. The second-order valence-corrected chi connectivity index (χ2v) is 6.46. The van der Waals surface area contributed by atoms with E-state index in [1.54, 1.807) is 6.20 Å². The molecule has 1 fully saturated rings. The van der Waals surface area contributed by atoms with Gasteiger partial charge in [0.25, 0.3) is 0 Å². The Morgan fingerprint density at radius 1 is 1.12 bits per heavy atom. The van der Waals surface area contributed by atoms with Gasteiger partial charge in [0.1, 0.15) is 0 Å². The number of rotatable bonds is 6. The summed E-state index contributed by atoms with van der Waals surface area (Å²) in [6.07, 6.45) is 2.58. The van der Waals surface area contributed by atoms with Crippen LogP contribution in [-0.2, 0) is 17.9 Å². The van der Waals surface area contributed by atoms with Crippen LogP contribution in [0.2, 0.25) is 0 Å². The molecule has 2 heterocycles. The van der Waals surface area contributed by atoms with E-state index in [2.05, 4.69) is 27.3 Å². The van der Waals surface area contributed by atoms with Crippen LogP contribution in [0.5, 0.6) is 0 Å². The fourth-order valence-electron chi connectivity index (χ4n) is 3.15. The van der Waals surface area contributed by atoms with E-state index in [1.807, 2.05) is 48.5 Å². The molecular formula is C21H21N3O2. The van der Waals surface area contributed by atoms with Crippen molar-refractivity contribution in [3.05, 3.63) is 78.3 Å². The number of benzene rings is 2. The number of nitrogens with zero attached hydrogens (tertiary/aromatic N) is 2. The first-order chi connectivity index (χ1) is 12.8. The number of nitrogens with one attached hydrogen (secondary N) is 1. The standard InChI is InChI=1S/C21H21N3O2/c25-21(18-11-12-24(18)15-16-7-3-1-4-8-16)23-14-20-22-13-19(26-20)17-9-5-2-6-10-17/h1-10,13,18H,11-12,14-15H2,(H,23,25)/t18-/m0/s1. The molecule has 132 valence electrons. The smallest absolute Gasteiger partial charge is 0.237 e. The fraction of sp³-hybridized carbons (Fsp3) is 0.238. The van der Waals surface area contributed by atoms with Crippen LogP contribution in [0.3, 0.4) is 0 Å². The summed E-state index contributed by atoms with van der Waals surface area (Å²) in [4.78, 5) is 18.9. The molecule has 0 radical (unpaired) electrons. The number of hydrogen-bond donors (Lipinski definition) is 1. The number of amides is 1. The molecule has 1 aromatic heterocycles. The highest BCUT2D eigenvalue weighted by Gasteiger charge is 2.33. The summed E-state index contributed by atoms with van der Waals surface area (Å²) in [6.45, 7) is 2.06. The molecule has 2 aromatic carbocycles. The van der Waals surface area contributed by atoms with E-state index in [-0.39, 0.29) is 11.9 Å². The molecule has 1 amide bonds. The van der Waals surface area contributed by atoms with Gasteiger partial charge in [-0.1, -0.05) is 60.7 Å². The number of likely N-dealkylation sites (tertiary alicyclic amines) is 1. The minimum Gasteiger partial charge on any atom is -0.439 e. The average molecular weight is 347 g/mol. The third-order valence-electron chi connectivity index (χ3n) is 4.69. The zero-order valence-corrected chi connectivity index (χ0v) is 14.5. The minimum atomic E-state index is -0.0706. The molecule has 5 nitrogen and oxygen atoms in total. The van der Waals surface area contributed by atoms with Crippen molar-refractivity contribution in [1.82, 2.24) is 15.2 Å². The monoisotopic (exact) mass is 347 g/mol. The molecule has 4 rings (SSSR count). The van der Waals surface area contributed by atoms with Crippen LogP contribution < -0.4 is 5.32 Å². The lowest BCUT2D eigenvalue weighted by Crippen LogP contribution is -2.55. The summed E-state index contributed by atoms with van der Waals surface area (Å²) >= 11 is 0. The first kappa shape index (κ1) is 16.5. The van der Waals surface area contributed by atoms with Crippen molar-refractivity contribution in [2.45, 2.75) is 25.6 Å². The second-order valence-electron chi connectivity index (χ2n) is 6.46. The summed E-state index contributed by atoms with van der Waals surface area (Å²) in [7, 11) is 0. The number of aromatic nitrogens is 1. The number of hydrogen-bond acceptors (Lipinski definition) is 4. The van der Waals surface area contributed by atoms with Crippen LogP contribution in [0.1, 0.15) is 17.9 Å². The van der Waals surface area contributed by atoms with E-state index in [0.717, 1.165) is 25.1 Å². The Morgan fingerprint density at radius 3 is 2.54 bits per heavy atom. The maximum Gasteiger partial charge on any atom is 0.237 e. The zero-order chi connectivity index (χ0) is 17.8. The van der Waals surface area contributed by atoms with Crippen LogP contribution in [0.4, 0.5) is 0 Å². The van der Waals surface area contributed by atoms with Crippen LogP contribution in [0, 0.1) is 0 Å². The summed E-state index contributed by atoms with van der Waals surface area (Å²) in [6, 6.07) is 20.0. The SMILES string of the molecule is O=C(NCc1ncc(-c2ccccc2)o1)[C@@H]1CCN1Cc1ccccc1. The lowest BCUT2D eigenvalue weighted by molar-refractivity contribution is -0.131. The fourth-order valence-corrected chi connectivity index (χ4v) is 3.15. The highest BCUT2D eigenvalue weighted by atomic mass is 16.4. The molecule has 26 heavy (non-hydrogen) atoms. The maximum atomic E-state index is 12.5. The molecule has 1 atom stereocenters. The van der Waals surface area contributed by atoms with Crippen molar-refractivity contribution in [3.63, 3.8) is 0 Å². The van der Waals surface area contributed by atoms with Crippen molar-refractivity contribution >= 4 is 5.91 Å². The summed E-state index contributed by atoms with van der Waals surface area (Å²) in [5, 5.41) is 2.94. The van der Waals surface area contributed by atoms with E-state index >= 15 is 0 Å². The minimum absolute atomic E-state index is 0.0339. The lowest BCUT2D eigenvalue weighted by Gasteiger charge is -2.39. The first-order valence-corrected chi connectivity index (χ1v) is 8.85. The number of carbonyl (C=O) groups excluding carboxylic acids is 1. The maximum absolute atomic E-state index is 12.5. The van der Waals surface area contributed by atoms with E-state index in [9.17, 15) is 4.79 Å². The third kappa shape index (κ3) is 3.68. The predicted octanol–water partition coefficient (Wildman–Crippen LogP) is 3.23. The number of carbonyl (C=O) groups is 1. The van der Waals surface area contributed by atoms with Crippen molar-refractivity contribution in [3.8, 4) is 11.3 Å². The summed E-state index contributed by atoms with van der Waals surface area (Å²) < 4.78 is 5.73. The highest BCUT2D eigenvalue weighted by Crippen LogP contribution is 2.22. The van der Waals surface area contributed by atoms with Gasteiger partial charge in [-0.25, -0.2) is 4.98 Å². The van der Waals surface area contributed by atoms with Gasteiger partial charge in [-0.2, -0.15) is 0 Å². The molecule has 1 saturated heterocycles. The van der Waals surface area contributed by atoms with Gasteiger partial charge in [-0.3, -0.25) is 9.69 Å². The second kappa shape index (κ2) is 7.54. The Bertz CT molecular complexity index is 861. The molecule has 1 N–H and O–H groups in total. The van der Waals surface area contributed by atoms with Gasteiger partial charge < -0.3 is 9.73 Å². The molecule has 5 heteroatoms. The van der Waals surface area contributed by atoms with E-state index < -0.39 is 0 Å². The van der Waals surface area contributed by atoms with Crippen molar-refractivity contribution in [1.29, 1.82) is 0 Å². The lowest BCUT2D eigenvalue weighted by atomic mass is 10.0. The molecule has 0 spiro atoms. The summed E-state index contributed by atoms with van der Waals surface area (Å²) in [5.74, 6) is 1.27. The van der Waals surface area contributed by atoms with Crippen LogP contribution in [0.25, 0.3) is 11.3 Å². The zero-order valence-electron chi connectivity index (χ0n) is 14.5. The van der Waals surface area contributed by atoms with E-state index in [1.165, 1.54) is 5.56 Å². The van der Waals surface area contributed by atoms with Crippen molar-refractivity contribution in [2.24, 2.45) is 0 Å². The van der Waals surface area contributed by atoms with Gasteiger partial charge >= 0.3 is 0 Å². The topological polar surface area (TPSA) is 58.4 Å².